The Hall–Kier alpha value is -1.81. The van der Waals surface area contributed by atoms with Gasteiger partial charge in [0.25, 0.3) is 0 Å². The zero-order chi connectivity index (χ0) is 13.1. The number of aromatic hydroxyl groups is 1. The van der Waals surface area contributed by atoms with Gasteiger partial charge in [-0.25, -0.2) is 4.98 Å². The predicted octanol–water partition coefficient (Wildman–Crippen LogP) is 2.78. The van der Waals surface area contributed by atoms with Gasteiger partial charge < -0.3 is 15.2 Å². The van der Waals surface area contributed by atoms with E-state index in [1.807, 2.05) is 12.1 Å². The van der Waals surface area contributed by atoms with Crippen LogP contribution in [-0.4, -0.2) is 29.8 Å². The largest absolute Gasteiger partial charge is 0.508 e. The SMILES string of the molecule is Oc1ccc2ccnc(NCC3CCOCC3)c2c1. The van der Waals surface area contributed by atoms with Crippen LogP contribution in [0.5, 0.6) is 5.75 Å². The highest BCUT2D eigenvalue weighted by atomic mass is 16.5. The van der Waals surface area contributed by atoms with Gasteiger partial charge in [0.1, 0.15) is 11.6 Å². The molecule has 0 aliphatic carbocycles. The molecule has 19 heavy (non-hydrogen) atoms. The summed E-state index contributed by atoms with van der Waals surface area (Å²) in [5, 5.41) is 15.1. The molecule has 100 valence electrons. The molecule has 3 rings (SSSR count). The fraction of sp³-hybridized carbons (Fsp3) is 0.400. The maximum Gasteiger partial charge on any atom is 0.133 e. The smallest absolute Gasteiger partial charge is 0.133 e. The maximum absolute atomic E-state index is 9.60. The lowest BCUT2D eigenvalue weighted by molar-refractivity contribution is 0.0699. The van der Waals surface area contributed by atoms with Crippen LogP contribution >= 0.6 is 0 Å². The van der Waals surface area contributed by atoms with E-state index >= 15 is 0 Å². The van der Waals surface area contributed by atoms with Crippen molar-refractivity contribution in [3.8, 4) is 5.75 Å². The van der Waals surface area contributed by atoms with Crippen LogP contribution in [0.15, 0.2) is 30.5 Å². The number of nitrogens with zero attached hydrogens (tertiary/aromatic N) is 1. The number of ether oxygens (including phenoxy) is 1. The van der Waals surface area contributed by atoms with E-state index in [-0.39, 0.29) is 5.75 Å². The Morgan fingerprint density at radius 1 is 1.26 bits per heavy atom. The normalized spacial score (nSPS) is 16.6. The van der Waals surface area contributed by atoms with Crippen LogP contribution in [0.2, 0.25) is 0 Å². The summed E-state index contributed by atoms with van der Waals surface area (Å²) in [5.41, 5.74) is 0. The minimum absolute atomic E-state index is 0.273. The molecule has 1 aliphatic heterocycles. The summed E-state index contributed by atoms with van der Waals surface area (Å²) in [6.45, 7) is 2.62. The molecule has 4 nitrogen and oxygen atoms in total. The highest BCUT2D eigenvalue weighted by Gasteiger charge is 2.14. The molecule has 0 spiro atoms. The van der Waals surface area contributed by atoms with Crippen molar-refractivity contribution in [2.45, 2.75) is 12.8 Å². The summed E-state index contributed by atoms with van der Waals surface area (Å²) >= 11 is 0. The first-order valence-corrected chi connectivity index (χ1v) is 6.72. The summed E-state index contributed by atoms with van der Waals surface area (Å²) in [5.74, 6) is 1.76. The van der Waals surface area contributed by atoms with Gasteiger partial charge in [0, 0.05) is 31.3 Å². The summed E-state index contributed by atoms with van der Waals surface area (Å²) < 4.78 is 5.36. The monoisotopic (exact) mass is 258 g/mol. The van der Waals surface area contributed by atoms with Gasteiger partial charge in [-0.2, -0.15) is 0 Å². The molecule has 4 heteroatoms. The molecule has 1 aliphatic rings. The molecule has 0 unspecified atom stereocenters. The Morgan fingerprint density at radius 2 is 2.11 bits per heavy atom. The molecule has 0 bridgehead atoms. The highest BCUT2D eigenvalue weighted by Crippen LogP contribution is 2.25. The second kappa shape index (κ2) is 5.45. The topological polar surface area (TPSA) is 54.4 Å². The predicted molar refractivity (Wildman–Crippen MR) is 75.4 cm³/mol. The molecule has 1 aromatic heterocycles. The second-order valence-electron chi connectivity index (χ2n) is 5.00. The molecule has 1 aromatic carbocycles. The van der Waals surface area contributed by atoms with E-state index in [9.17, 15) is 5.11 Å². The molecule has 1 saturated heterocycles. The molecular weight excluding hydrogens is 240 g/mol. The molecule has 1 fully saturated rings. The van der Waals surface area contributed by atoms with E-state index in [2.05, 4.69) is 10.3 Å². The number of fused-ring (bicyclic) bond motifs is 1. The summed E-state index contributed by atoms with van der Waals surface area (Å²) in [4.78, 5) is 4.38. The number of benzene rings is 1. The number of pyridine rings is 1. The fourth-order valence-electron chi connectivity index (χ4n) is 2.49. The minimum atomic E-state index is 0.273. The number of hydrogen-bond acceptors (Lipinski definition) is 4. The van der Waals surface area contributed by atoms with Crippen LogP contribution < -0.4 is 5.32 Å². The van der Waals surface area contributed by atoms with Crippen molar-refractivity contribution in [3.63, 3.8) is 0 Å². The zero-order valence-electron chi connectivity index (χ0n) is 10.8. The summed E-state index contributed by atoms with van der Waals surface area (Å²) in [6, 6.07) is 7.32. The molecule has 2 heterocycles. The average Bonchev–Trinajstić information content (AvgIpc) is 2.46. The van der Waals surface area contributed by atoms with Gasteiger partial charge in [-0.3, -0.25) is 0 Å². The maximum atomic E-state index is 9.60. The molecule has 0 radical (unpaired) electrons. The summed E-state index contributed by atoms with van der Waals surface area (Å²) in [6.07, 6.45) is 4.00. The van der Waals surface area contributed by atoms with Crippen molar-refractivity contribution < 1.29 is 9.84 Å². The van der Waals surface area contributed by atoms with Crippen LogP contribution in [0.4, 0.5) is 5.82 Å². The van der Waals surface area contributed by atoms with Crippen LogP contribution in [0.3, 0.4) is 0 Å². The van der Waals surface area contributed by atoms with Gasteiger partial charge in [0.2, 0.25) is 0 Å². The third-order valence-corrected chi connectivity index (χ3v) is 3.65. The number of anilines is 1. The van der Waals surface area contributed by atoms with Crippen molar-refractivity contribution in [3.05, 3.63) is 30.5 Å². The standard InChI is InChI=1S/C15H18N2O2/c18-13-2-1-12-3-6-16-15(14(12)9-13)17-10-11-4-7-19-8-5-11/h1-3,6,9,11,18H,4-5,7-8,10H2,(H,16,17). The van der Waals surface area contributed by atoms with Crippen molar-refractivity contribution in [1.29, 1.82) is 0 Å². The number of phenolic OH excluding ortho intramolecular Hbond substituents is 1. The molecule has 0 atom stereocenters. The molecular formula is C15H18N2O2. The number of phenols is 1. The lowest BCUT2D eigenvalue weighted by atomic mass is 10.0. The van der Waals surface area contributed by atoms with Crippen molar-refractivity contribution in [2.24, 2.45) is 5.92 Å². The Bertz CT molecular complexity index is 565. The van der Waals surface area contributed by atoms with E-state index < -0.39 is 0 Å². The first-order chi connectivity index (χ1) is 9.33. The van der Waals surface area contributed by atoms with Crippen LogP contribution in [0, 0.1) is 5.92 Å². The molecule has 2 N–H and O–H groups in total. The lowest BCUT2D eigenvalue weighted by Crippen LogP contribution is -2.22. The van der Waals surface area contributed by atoms with E-state index in [4.69, 9.17) is 4.74 Å². The average molecular weight is 258 g/mol. The number of aromatic nitrogens is 1. The minimum Gasteiger partial charge on any atom is -0.508 e. The van der Waals surface area contributed by atoms with Gasteiger partial charge in [-0.15, -0.1) is 0 Å². The van der Waals surface area contributed by atoms with Crippen LogP contribution in [-0.2, 0) is 4.74 Å². The molecule has 2 aromatic rings. The second-order valence-corrected chi connectivity index (χ2v) is 5.00. The Morgan fingerprint density at radius 3 is 2.95 bits per heavy atom. The number of nitrogens with one attached hydrogen (secondary N) is 1. The Labute approximate surface area is 112 Å². The first-order valence-electron chi connectivity index (χ1n) is 6.72. The Kier molecular flexibility index (Phi) is 3.51. The van der Waals surface area contributed by atoms with E-state index in [1.54, 1.807) is 18.3 Å². The highest BCUT2D eigenvalue weighted by molar-refractivity contribution is 5.92. The quantitative estimate of drug-likeness (QED) is 0.889. The van der Waals surface area contributed by atoms with Gasteiger partial charge in [-0.1, -0.05) is 6.07 Å². The molecule has 0 amide bonds. The lowest BCUT2D eigenvalue weighted by Gasteiger charge is -2.22. The number of rotatable bonds is 3. The van der Waals surface area contributed by atoms with Gasteiger partial charge in [-0.05, 0) is 42.3 Å². The van der Waals surface area contributed by atoms with Crippen molar-refractivity contribution in [1.82, 2.24) is 4.98 Å². The van der Waals surface area contributed by atoms with E-state index in [0.29, 0.717) is 5.92 Å². The fourth-order valence-corrected chi connectivity index (χ4v) is 2.49. The third-order valence-electron chi connectivity index (χ3n) is 3.65. The summed E-state index contributed by atoms with van der Waals surface area (Å²) in [7, 11) is 0. The third kappa shape index (κ3) is 2.79. The van der Waals surface area contributed by atoms with Crippen molar-refractivity contribution >= 4 is 16.6 Å². The number of hydrogen-bond donors (Lipinski definition) is 2. The van der Waals surface area contributed by atoms with Gasteiger partial charge in [0.05, 0.1) is 0 Å². The van der Waals surface area contributed by atoms with Crippen molar-refractivity contribution in [2.75, 3.05) is 25.1 Å². The Balaban J connectivity index is 1.78. The van der Waals surface area contributed by atoms with Crippen LogP contribution in [0.1, 0.15) is 12.8 Å². The van der Waals surface area contributed by atoms with Gasteiger partial charge >= 0.3 is 0 Å². The van der Waals surface area contributed by atoms with Crippen LogP contribution in [0.25, 0.3) is 10.8 Å². The zero-order valence-corrected chi connectivity index (χ0v) is 10.8. The van der Waals surface area contributed by atoms with E-state index in [0.717, 1.165) is 49.2 Å². The van der Waals surface area contributed by atoms with Gasteiger partial charge in [0.15, 0.2) is 0 Å². The van der Waals surface area contributed by atoms with E-state index in [1.165, 1.54) is 0 Å². The molecule has 0 saturated carbocycles. The first kappa shape index (κ1) is 12.2.